The van der Waals surface area contributed by atoms with E-state index in [-0.39, 0.29) is 24.3 Å². The molecule has 0 radical (unpaired) electrons. The molecule has 2 N–H and O–H groups in total. The van der Waals surface area contributed by atoms with Crippen molar-refractivity contribution in [1.29, 1.82) is 0 Å². The van der Waals surface area contributed by atoms with E-state index in [4.69, 9.17) is 9.47 Å². The van der Waals surface area contributed by atoms with Crippen LogP contribution in [0.25, 0.3) is 11.0 Å². The topological polar surface area (TPSA) is 96.5 Å². The molecule has 174 valence electrons. The molecule has 2 atom stereocenters. The zero-order valence-electron chi connectivity index (χ0n) is 19.4. The number of amides is 2. The van der Waals surface area contributed by atoms with E-state index >= 15 is 0 Å². The van der Waals surface area contributed by atoms with Gasteiger partial charge >= 0.3 is 0 Å². The lowest BCUT2D eigenvalue weighted by Gasteiger charge is -2.22. The van der Waals surface area contributed by atoms with Gasteiger partial charge in [0.05, 0.1) is 42.9 Å². The van der Waals surface area contributed by atoms with Crippen molar-refractivity contribution in [2.75, 3.05) is 25.7 Å². The molecule has 1 fully saturated rings. The molecular weight excluding hydrogens is 420 g/mol. The smallest absolute Gasteiger partial charge is 0.227 e. The first kappa shape index (κ1) is 22.6. The van der Waals surface area contributed by atoms with Gasteiger partial charge in [0, 0.05) is 19.0 Å². The quantitative estimate of drug-likeness (QED) is 0.544. The van der Waals surface area contributed by atoms with Gasteiger partial charge in [-0.25, -0.2) is 4.98 Å². The Bertz CT molecular complexity index is 1120. The standard InChI is InChI=1S/C25H30N4O4/c1-15(2)11-20(24-26-18-7-5-6-8-19(18)27-24)28-25(31)16-12-23(30)29(14-16)21-10-9-17(32-3)13-22(21)33-4/h5-10,13,15-16,20H,11-12,14H2,1-4H3,(H,26,27)(H,28,31)/t16-,20-/m0/s1. The second-order valence-corrected chi connectivity index (χ2v) is 8.77. The summed E-state index contributed by atoms with van der Waals surface area (Å²) in [6, 6.07) is 12.8. The van der Waals surface area contributed by atoms with E-state index in [1.165, 1.54) is 0 Å². The van der Waals surface area contributed by atoms with Crippen molar-refractivity contribution in [2.24, 2.45) is 11.8 Å². The fourth-order valence-corrected chi connectivity index (χ4v) is 4.26. The van der Waals surface area contributed by atoms with E-state index in [2.05, 4.69) is 29.1 Å². The van der Waals surface area contributed by atoms with Crippen LogP contribution in [0.15, 0.2) is 42.5 Å². The maximum Gasteiger partial charge on any atom is 0.227 e. The van der Waals surface area contributed by atoms with E-state index in [9.17, 15) is 9.59 Å². The molecule has 3 aromatic rings. The van der Waals surface area contributed by atoms with Crippen LogP contribution in [-0.2, 0) is 9.59 Å². The lowest BCUT2D eigenvalue weighted by molar-refractivity contribution is -0.127. The average molecular weight is 451 g/mol. The van der Waals surface area contributed by atoms with Crippen molar-refractivity contribution in [1.82, 2.24) is 15.3 Å². The Balaban J connectivity index is 1.52. The van der Waals surface area contributed by atoms with Crippen LogP contribution in [-0.4, -0.2) is 42.5 Å². The Labute approximate surface area is 193 Å². The van der Waals surface area contributed by atoms with Crippen LogP contribution >= 0.6 is 0 Å². The Morgan fingerprint density at radius 3 is 2.70 bits per heavy atom. The molecule has 4 rings (SSSR count). The van der Waals surface area contributed by atoms with Crippen LogP contribution in [0.4, 0.5) is 5.69 Å². The molecule has 8 nitrogen and oxygen atoms in total. The van der Waals surface area contributed by atoms with Gasteiger partial charge in [0.1, 0.15) is 17.3 Å². The zero-order valence-corrected chi connectivity index (χ0v) is 19.4. The number of nitrogens with zero attached hydrogens (tertiary/aromatic N) is 2. The summed E-state index contributed by atoms with van der Waals surface area (Å²) >= 11 is 0. The fraction of sp³-hybridized carbons (Fsp3) is 0.400. The van der Waals surface area contributed by atoms with Crippen LogP contribution < -0.4 is 19.7 Å². The number of para-hydroxylation sites is 2. The number of methoxy groups -OCH3 is 2. The molecule has 0 aliphatic carbocycles. The van der Waals surface area contributed by atoms with Gasteiger partial charge in [-0.05, 0) is 36.6 Å². The fourth-order valence-electron chi connectivity index (χ4n) is 4.26. The van der Waals surface area contributed by atoms with Gasteiger partial charge in [0.25, 0.3) is 0 Å². The number of aromatic nitrogens is 2. The third kappa shape index (κ3) is 4.79. The summed E-state index contributed by atoms with van der Waals surface area (Å²) in [5, 5.41) is 3.14. The molecule has 0 saturated carbocycles. The molecule has 0 spiro atoms. The van der Waals surface area contributed by atoms with Crippen molar-refractivity contribution in [3.05, 3.63) is 48.3 Å². The van der Waals surface area contributed by atoms with Crippen molar-refractivity contribution in [3.63, 3.8) is 0 Å². The minimum Gasteiger partial charge on any atom is -0.497 e. The number of carbonyl (C=O) groups is 2. The number of hydrogen-bond acceptors (Lipinski definition) is 5. The number of nitrogens with one attached hydrogen (secondary N) is 2. The molecular formula is C25H30N4O4. The SMILES string of the molecule is COc1ccc(N2C[C@@H](C(=O)N[C@@H](CC(C)C)c3nc4ccccc4[nH]3)CC2=O)c(OC)c1. The number of benzene rings is 2. The second kappa shape index (κ2) is 9.52. The first-order chi connectivity index (χ1) is 15.9. The van der Waals surface area contributed by atoms with Gasteiger partial charge in [0.15, 0.2) is 0 Å². The largest absolute Gasteiger partial charge is 0.497 e. The van der Waals surface area contributed by atoms with Gasteiger partial charge in [-0.15, -0.1) is 0 Å². The molecule has 8 heteroatoms. The number of ether oxygens (including phenoxy) is 2. The summed E-state index contributed by atoms with van der Waals surface area (Å²) in [7, 11) is 3.12. The minimum atomic E-state index is -0.455. The molecule has 0 unspecified atom stereocenters. The molecule has 2 heterocycles. The normalized spacial score (nSPS) is 16.9. The van der Waals surface area contributed by atoms with Crippen molar-refractivity contribution in [3.8, 4) is 11.5 Å². The summed E-state index contributed by atoms with van der Waals surface area (Å²) in [4.78, 5) is 35.7. The minimum absolute atomic E-state index is 0.109. The number of aromatic amines is 1. The van der Waals surface area contributed by atoms with Gasteiger partial charge < -0.3 is 24.7 Å². The molecule has 1 aromatic heterocycles. The molecule has 0 bridgehead atoms. The Morgan fingerprint density at radius 2 is 2.00 bits per heavy atom. The molecule has 1 aliphatic heterocycles. The Kier molecular flexibility index (Phi) is 6.53. The number of imidazole rings is 1. The predicted molar refractivity (Wildman–Crippen MR) is 126 cm³/mol. The van der Waals surface area contributed by atoms with Gasteiger partial charge in [-0.1, -0.05) is 26.0 Å². The Hall–Kier alpha value is -3.55. The van der Waals surface area contributed by atoms with E-state index in [1.807, 2.05) is 24.3 Å². The number of hydrogen-bond donors (Lipinski definition) is 2. The first-order valence-electron chi connectivity index (χ1n) is 11.2. The number of fused-ring (bicyclic) bond motifs is 1. The first-order valence-corrected chi connectivity index (χ1v) is 11.2. The monoisotopic (exact) mass is 450 g/mol. The molecule has 2 amide bonds. The predicted octanol–water partition coefficient (Wildman–Crippen LogP) is 3.84. The summed E-state index contributed by atoms with van der Waals surface area (Å²) in [5.74, 6) is 1.54. The maximum absolute atomic E-state index is 13.2. The molecule has 33 heavy (non-hydrogen) atoms. The highest BCUT2D eigenvalue weighted by molar-refractivity contribution is 6.01. The highest BCUT2D eigenvalue weighted by atomic mass is 16.5. The second-order valence-electron chi connectivity index (χ2n) is 8.77. The molecule has 2 aromatic carbocycles. The third-order valence-corrected chi connectivity index (χ3v) is 5.93. The summed E-state index contributed by atoms with van der Waals surface area (Å²) in [5.41, 5.74) is 2.43. The van der Waals surface area contributed by atoms with E-state index in [1.54, 1.807) is 37.3 Å². The summed E-state index contributed by atoms with van der Waals surface area (Å²) < 4.78 is 10.7. The van der Waals surface area contributed by atoms with Crippen molar-refractivity contribution >= 4 is 28.5 Å². The van der Waals surface area contributed by atoms with Crippen LogP contribution in [0.1, 0.15) is 38.6 Å². The van der Waals surface area contributed by atoms with Crippen LogP contribution in [0.3, 0.4) is 0 Å². The van der Waals surface area contributed by atoms with Crippen LogP contribution in [0, 0.1) is 11.8 Å². The van der Waals surface area contributed by atoms with E-state index in [0.717, 1.165) is 23.3 Å². The van der Waals surface area contributed by atoms with Gasteiger partial charge in [0.2, 0.25) is 11.8 Å². The van der Waals surface area contributed by atoms with Crippen molar-refractivity contribution in [2.45, 2.75) is 32.7 Å². The summed E-state index contributed by atoms with van der Waals surface area (Å²) in [6.45, 7) is 4.51. The highest BCUT2D eigenvalue weighted by Gasteiger charge is 2.37. The van der Waals surface area contributed by atoms with E-state index in [0.29, 0.717) is 29.6 Å². The highest BCUT2D eigenvalue weighted by Crippen LogP contribution is 2.36. The van der Waals surface area contributed by atoms with E-state index < -0.39 is 5.92 Å². The van der Waals surface area contributed by atoms with Gasteiger partial charge in [-0.2, -0.15) is 0 Å². The van der Waals surface area contributed by atoms with Gasteiger partial charge in [-0.3, -0.25) is 9.59 Å². The van der Waals surface area contributed by atoms with Crippen LogP contribution in [0.5, 0.6) is 11.5 Å². The molecule has 1 saturated heterocycles. The van der Waals surface area contributed by atoms with Crippen molar-refractivity contribution < 1.29 is 19.1 Å². The number of carbonyl (C=O) groups excluding carboxylic acids is 2. The van der Waals surface area contributed by atoms with Crippen LogP contribution in [0.2, 0.25) is 0 Å². The number of H-pyrrole nitrogens is 1. The maximum atomic E-state index is 13.2. The number of rotatable bonds is 8. The molecule has 1 aliphatic rings. The lowest BCUT2D eigenvalue weighted by atomic mass is 10.0. The average Bonchev–Trinajstić information content (AvgIpc) is 3.41. The Morgan fingerprint density at radius 1 is 1.21 bits per heavy atom. The number of anilines is 1. The zero-order chi connectivity index (χ0) is 23.5. The summed E-state index contributed by atoms with van der Waals surface area (Å²) in [6.07, 6.45) is 0.887. The third-order valence-electron chi connectivity index (χ3n) is 5.93. The lowest BCUT2D eigenvalue weighted by Crippen LogP contribution is -2.36.